The average Bonchev–Trinajstić information content (AvgIpc) is 2.27. The lowest BCUT2D eigenvalue weighted by molar-refractivity contribution is 0.0932. The van der Waals surface area contributed by atoms with Gasteiger partial charge in [0.05, 0.1) is 5.56 Å². The number of carbonyl (C=O) groups excluding carboxylic acids is 1. The number of hydrogen-bond acceptors (Lipinski definition) is 2. The molecule has 0 aliphatic rings. The SMILES string of the molecule is CCCCNC(=O)c1ccccc1OC(C)(C)C. The number of nitrogens with one attached hydrogen (secondary N) is 1. The van der Waals surface area contributed by atoms with Crippen LogP contribution in [0.15, 0.2) is 24.3 Å². The first-order valence-electron chi connectivity index (χ1n) is 6.50. The fraction of sp³-hybridized carbons (Fsp3) is 0.533. The predicted molar refractivity (Wildman–Crippen MR) is 74.1 cm³/mol. The summed E-state index contributed by atoms with van der Waals surface area (Å²) in [6, 6.07) is 7.36. The second kappa shape index (κ2) is 6.43. The third-order valence-electron chi connectivity index (χ3n) is 2.36. The van der Waals surface area contributed by atoms with E-state index in [4.69, 9.17) is 4.74 Å². The summed E-state index contributed by atoms with van der Waals surface area (Å²) < 4.78 is 5.80. The van der Waals surface area contributed by atoms with Crippen LogP contribution in [0.25, 0.3) is 0 Å². The Kier molecular flexibility index (Phi) is 5.20. The summed E-state index contributed by atoms with van der Waals surface area (Å²) in [4.78, 5) is 12.0. The van der Waals surface area contributed by atoms with Crippen molar-refractivity contribution in [3.05, 3.63) is 29.8 Å². The van der Waals surface area contributed by atoms with Crippen LogP contribution in [-0.2, 0) is 0 Å². The van der Waals surface area contributed by atoms with E-state index in [9.17, 15) is 4.79 Å². The average molecular weight is 249 g/mol. The van der Waals surface area contributed by atoms with Crippen molar-refractivity contribution in [3.8, 4) is 5.75 Å². The smallest absolute Gasteiger partial charge is 0.255 e. The van der Waals surface area contributed by atoms with E-state index < -0.39 is 0 Å². The van der Waals surface area contributed by atoms with Gasteiger partial charge in [-0.2, -0.15) is 0 Å². The molecule has 3 heteroatoms. The van der Waals surface area contributed by atoms with E-state index in [1.165, 1.54) is 0 Å². The van der Waals surface area contributed by atoms with Crippen molar-refractivity contribution in [2.75, 3.05) is 6.54 Å². The highest BCUT2D eigenvalue weighted by atomic mass is 16.5. The molecule has 1 rings (SSSR count). The van der Waals surface area contributed by atoms with Gasteiger partial charge in [0.15, 0.2) is 0 Å². The fourth-order valence-electron chi connectivity index (χ4n) is 1.55. The topological polar surface area (TPSA) is 38.3 Å². The van der Waals surface area contributed by atoms with E-state index in [0.717, 1.165) is 12.8 Å². The van der Waals surface area contributed by atoms with Crippen LogP contribution in [0, 0.1) is 0 Å². The summed E-state index contributed by atoms with van der Waals surface area (Å²) in [7, 11) is 0. The molecule has 3 nitrogen and oxygen atoms in total. The van der Waals surface area contributed by atoms with Gasteiger partial charge in [0.2, 0.25) is 0 Å². The van der Waals surface area contributed by atoms with Gasteiger partial charge >= 0.3 is 0 Å². The molecule has 0 aromatic heterocycles. The molecule has 0 aliphatic heterocycles. The van der Waals surface area contributed by atoms with E-state index in [0.29, 0.717) is 17.9 Å². The lowest BCUT2D eigenvalue weighted by Gasteiger charge is -2.23. The van der Waals surface area contributed by atoms with Gasteiger partial charge in [-0.05, 0) is 39.3 Å². The number of carbonyl (C=O) groups is 1. The molecule has 0 spiro atoms. The Bertz CT molecular complexity index is 394. The Morgan fingerprint density at radius 3 is 2.56 bits per heavy atom. The van der Waals surface area contributed by atoms with Crippen LogP contribution in [0.2, 0.25) is 0 Å². The Balaban J connectivity index is 2.78. The summed E-state index contributed by atoms with van der Waals surface area (Å²) in [6.07, 6.45) is 2.06. The standard InChI is InChI=1S/C15H23NO2/c1-5-6-11-16-14(17)12-9-7-8-10-13(12)18-15(2,3)4/h7-10H,5-6,11H2,1-4H3,(H,16,17). The molecule has 0 aliphatic carbocycles. The number of ether oxygens (including phenoxy) is 1. The molecular formula is C15H23NO2. The highest BCUT2D eigenvalue weighted by Crippen LogP contribution is 2.22. The van der Waals surface area contributed by atoms with Gasteiger partial charge in [0.25, 0.3) is 5.91 Å². The zero-order valence-electron chi connectivity index (χ0n) is 11.7. The maximum Gasteiger partial charge on any atom is 0.255 e. The molecule has 0 unspecified atom stereocenters. The van der Waals surface area contributed by atoms with Crippen LogP contribution in [0.3, 0.4) is 0 Å². The molecular weight excluding hydrogens is 226 g/mol. The normalized spacial score (nSPS) is 11.1. The summed E-state index contributed by atoms with van der Waals surface area (Å²) in [5.41, 5.74) is 0.295. The second-order valence-electron chi connectivity index (χ2n) is 5.32. The van der Waals surface area contributed by atoms with Crippen molar-refractivity contribution in [1.82, 2.24) is 5.32 Å². The van der Waals surface area contributed by atoms with Crippen LogP contribution in [0.4, 0.5) is 0 Å². The molecule has 0 atom stereocenters. The minimum Gasteiger partial charge on any atom is -0.487 e. The maximum absolute atomic E-state index is 12.0. The molecule has 100 valence electrons. The number of amides is 1. The largest absolute Gasteiger partial charge is 0.487 e. The number of unbranched alkanes of at least 4 members (excludes halogenated alkanes) is 1. The monoisotopic (exact) mass is 249 g/mol. The molecule has 0 bridgehead atoms. The predicted octanol–water partition coefficient (Wildman–Crippen LogP) is 3.39. The van der Waals surface area contributed by atoms with Gasteiger partial charge in [-0.25, -0.2) is 0 Å². The zero-order chi connectivity index (χ0) is 13.6. The zero-order valence-corrected chi connectivity index (χ0v) is 11.7. The fourth-order valence-corrected chi connectivity index (χ4v) is 1.55. The lowest BCUT2D eigenvalue weighted by Crippen LogP contribution is -2.28. The van der Waals surface area contributed by atoms with Crippen LogP contribution in [0.1, 0.15) is 50.9 Å². The van der Waals surface area contributed by atoms with Crippen molar-refractivity contribution >= 4 is 5.91 Å². The molecule has 0 fully saturated rings. The quantitative estimate of drug-likeness (QED) is 0.812. The number of para-hydroxylation sites is 1. The van der Waals surface area contributed by atoms with Crippen LogP contribution >= 0.6 is 0 Å². The van der Waals surface area contributed by atoms with Crippen LogP contribution < -0.4 is 10.1 Å². The minimum absolute atomic E-state index is 0.0664. The summed E-state index contributed by atoms with van der Waals surface area (Å²) in [6.45, 7) is 8.72. The molecule has 1 aromatic carbocycles. The van der Waals surface area contributed by atoms with Gasteiger partial charge in [0, 0.05) is 6.54 Å². The molecule has 18 heavy (non-hydrogen) atoms. The van der Waals surface area contributed by atoms with Gasteiger partial charge < -0.3 is 10.1 Å². The van der Waals surface area contributed by atoms with Crippen molar-refractivity contribution in [1.29, 1.82) is 0 Å². The minimum atomic E-state index is -0.306. The Hall–Kier alpha value is -1.51. The van der Waals surface area contributed by atoms with E-state index in [1.54, 1.807) is 6.07 Å². The molecule has 0 saturated carbocycles. The second-order valence-corrected chi connectivity index (χ2v) is 5.32. The molecule has 1 N–H and O–H groups in total. The number of hydrogen-bond donors (Lipinski definition) is 1. The van der Waals surface area contributed by atoms with Crippen LogP contribution in [0.5, 0.6) is 5.75 Å². The third-order valence-corrected chi connectivity index (χ3v) is 2.36. The first-order chi connectivity index (χ1) is 8.44. The van der Waals surface area contributed by atoms with E-state index >= 15 is 0 Å². The van der Waals surface area contributed by atoms with Gasteiger partial charge in [-0.3, -0.25) is 4.79 Å². The van der Waals surface area contributed by atoms with E-state index in [1.807, 2.05) is 39.0 Å². The van der Waals surface area contributed by atoms with Crippen molar-refractivity contribution < 1.29 is 9.53 Å². The molecule has 0 heterocycles. The molecule has 1 aromatic rings. The van der Waals surface area contributed by atoms with Crippen LogP contribution in [-0.4, -0.2) is 18.1 Å². The van der Waals surface area contributed by atoms with Crippen molar-refractivity contribution in [2.45, 2.75) is 46.1 Å². The van der Waals surface area contributed by atoms with Gasteiger partial charge in [0.1, 0.15) is 11.4 Å². The Morgan fingerprint density at radius 1 is 1.28 bits per heavy atom. The van der Waals surface area contributed by atoms with E-state index in [-0.39, 0.29) is 11.5 Å². The highest BCUT2D eigenvalue weighted by molar-refractivity contribution is 5.96. The first kappa shape index (κ1) is 14.6. The third kappa shape index (κ3) is 4.78. The molecule has 1 amide bonds. The van der Waals surface area contributed by atoms with Crippen molar-refractivity contribution in [2.24, 2.45) is 0 Å². The lowest BCUT2D eigenvalue weighted by atomic mass is 10.1. The Morgan fingerprint density at radius 2 is 1.94 bits per heavy atom. The summed E-state index contributed by atoms with van der Waals surface area (Å²) in [5.74, 6) is 0.572. The first-order valence-corrected chi connectivity index (χ1v) is 6.50. The number of benzene rings is 1. The molecule has 0 radical (unpaired) electrons. The van der Waals surface area contributed by atoms with E-state index in [2.05, 4.69) is 12.2 Å². The molecule has 0 saturated heterocycles. The summed E-state index contributed by atoms with van der Waals surface area (Å²) >= 11 is 0. The number of rotatable bonds is 5. The maximum atomic E-state index is 12.0. The highest BCUT2D eigenvalue weighted by Gasteiger charge is 2.17. The van der Waals surface area contributed by atoms with Gasteiger partial charge in [-0.1, -0.05) is 25.5 Å². The Labute approximate surface area is 110 Å². The van der Waals surface area contributed by atoms with Gasteiger partial charge in [-0.15, -0.1) is 0 Å². The van der Waals surface area contributed by atoms with Crippen molar-refractivity contribution in [3.63, 3.8) is 0 Å². The summed E-state index contributed by atoms with van der Waals surface area (Å²) in [5, 5.41) is 2.91.